The molecular formula is C24H30N2O4. The van der Waals surface area contributed by atoms with Crippen molar-refractivity contribution in [3.05, 3.63) is 52.7 Å². The molecule has 6 heteroatoms. The molecule has 6 nitrogen and oxygen atoms in total. The molecule has 0 radical (unpaired) electrons. The van der Waals surface area contributed by atoms with Gasteiger partial charge in [-0.3, -0.25) is 0 Å². The number of fused-ring (bicyclic) bond motifs is 1. The molecule has 1 aromatic heterocycles. The topological polar surface area (TPSA) is 73.6 Å². The van der Waals surface area contributed by atoms with Crippen LogP contribution in [0.25, 0.3) is 6.08 Å². The molecule has 1 aliphatic carbocycles. The first-order valence-corrected chi connectivity index (χ1v) is 10.9. The van der Waals surface area contributed by atoms with E-state index in [4.69, 9.17) is 13.9 Å². The summed E-state index contributed by atoms with van der Waals surface area (Å²) >= 11 is 0. The zero-order chi connectivity index (χ0) is 20.9. The van der Waals surface area contributed by atoms with Crippen molar-refractivity contribution in [3.63, 3.8) is 0 Å². The van der Waals surface area contributed by atoms with Crippen LogP contribution in [-0.4, -0.2) is 31.2 Å². The monoisotopic (exact) mass is 410 g/mol. The Balaban J connectivity index is 1.36. The number of nitrogens with zero attached hydrogens (tertiary/aromatic N) is 1. The summed E-state index contributed by atoms with van der Waals surface area (Å²) in [7, 11) is 1.41. The van der Waals surface area contributed by atoms with Crippen LogP contribution in [0.4, 0.5) is 0 Å². The molecule has 1 fully saturated rings. The molecule has 0 saturated heterocycles. The van der Waals surface area contributed by atoms with Gasteiger partial charge in [0, 0.05) is 13.0 Å². The molecule has 2 heterocycles. The van der Waals surface area contributed by atoms with E-state index in [1.165, 1.54) is 32.8 Å². The molecule has 2 aliphatic rings. The van der Waals surface area contributed by atoms with Crippen LogP contribution in [-0.2, 0) is 22.4 Å². The number of aryl methyl sites for hydroxylation is 1. The summed E-state index contributed by atoms with van der Waals surface area (Å²) in [6.45, 7) is 3.20. The zero-order valence-electron chi connectivity index (χ0n) is 17.8. The number of rotatable bonds is 7. The molecule has 4 rings (SSSR count). The number of ether oxygens (including phenoxy) is 2. The van der Waals surface area contributed by atoms with Gasteiger partial charge in [0.15, 0.2) is 0 Å². The highest BCUT2D eigenvalue weighted by Gasteiger charge is 2.27. The fourth-order valence-corrected chi connectivity index (χ4v) is 4.34. The number of hydrogen-bond donors (Lipinski definition) is 1. The third-order valence-electron chi connectivity index (χ3n) is 6.04. The summed E-state index contributed by atoms with van der Waals surface area (Å²) in [6.07, 6.45) is 11.0. The number of esters is 1. The Morgan fingerprint density at radius 2 is 2.17 bits per heavy atom. The number of hydrogen-bond acceptors (Lipinski definition) is 6. The van der Waals surface area contributed by atoms with Crippen LogP contribution < -0.4 is 10.1 Å². The van der Waals surface area contributed by atoms with Crippen molar-refractivity contribution in [1.82, 2.24) is 10.3 Å². The molecule has 2 aromatic rings. The number of aromatic nitrogens is 1. The standard InChI is InChI=1S/C24H30N2O4/c1-16-21(26-22(30-16)10-7-17-5-3-4-6-17)12-14-29-19-9-8-18-11-13-25-23(20(18)15-19)24(27)28-2/h7-10,15,17,23,25H,3-6,11-14H2,1-2H3/b10-7+. The Labute approximate surface area is 177 Å². The highest BCUT2D eigenvalue weighted by Crippen LogP contribution is 2.28. The van der Waals surface area contributed by atoms with Gasteiger partial charge in [0.1, 0.15) is 17.6 Å². The minimum absolute atomic E-state index is 0.274. The lowest BCUT2D eigenvalue weighted by atomic mass is 9.94. The van der Waals surface area contributed by atoms with Crippen LogP contribution in [0, 0.1) is 12.8 Å². The molecular weight excluding hydrogens is 380 g/mol. The lowest BCUT2D eigenvalue weighted by molar-refractivity contribution is -0.143. The molecule has 160 valence electrons. The highest BCUT2D eigenvalue weighted by atomic mass is 16.5. The third-order valence-corrected chi connectivity index (χ3v) is 6.04. The smallest absolute Gasteiger partial charge is 0.327 e. The number of allylic oxidation sites excluding steroid dienone is 1. The first kappa shape index (κ1) is 20.7. The van der Waals surface area contributed by atoms with Crippen molar-refractivity contribution < 1.29 is 18.7 Å². The Morgan fingerprint density at radius 1 is 1.33 bits per heavy atom. The average molecular weight is 411 g/mol. The number of carbonyl (C=O) groups excluding carboxylic acids is 1. The molecule has 0 amide bonds. The summed E-state index contributed by atoms with van der Waals surface area (Å²) in [5.41, 5.74) is 3.01. The van der Waals surface area contributed by atoms with Gasteiger partial charge in [0.25, 0.3) is 0 Å². The van der Waals surface area contributed by atoms with Gasteiger partial charge < -0.3 is 19.2 Å². The molecule has 1 atom stereocenters. The summed E-state index contributed by atoms with van der Waals surface area (Å²) in [5.74, 6) is 2.65. The first-order chi connectivity index (χ1) is 14.6. The van der Waals surface area contributed by atoms with E-state index < -0.39 is 6.04 Å². The van der Waals surface area contributed by atoms with Crippen LogP contribution in [0.5, 0.6) is 5.75 Å². The van der Waals surface area contributed by atoms with Gasteiger partial charge in [0.2, 0.25) is 5.89 Å². The van der Waals surface area contributed by atoms with Gasteiger partial charge in [0.05, 0.1) is 19.4 Å². The van der Waals surface area contributed by atoms with E-state index in [0.717, 1.165) is 41.3 Å². The number of benzene rings is 1. The van der Waals surface area contributed by atoms with E-state index in [-0.39, 0.29) is 5.97 Å². The summed E-state index contributed by atoms with van der Waals surface area (Å²) in [6, 6.07) is 5.50. The minimum Gasteiger partial charge on any atom is -0.493 e. The summed E-state index contributed by atoms with van der Waals surface area (Å²) in [4.78, 5) is 16.7. The second-order valence-corrected chi connectivity index (χ2v) is 8.08. The van der Waals surface area contributed by atoms with Gasteiger partial charge in [-0.15, -0.1) is 0 Å². The SMILES string of the molecule is COC(=O)C1NCCc2ccc(OCCc3nc(/C=C/C4CCCC4)oc3C)cc21. The van der Waals surface area contributed by atoms with Gasteiger partial charge in [-0.2, -0.15) is 0 Å². The van der Waals surface area contributed by atoms with Gasteiger partial charge in [-0.1, -0.05) is 25.0 Å². The van der Waals surface area contributed by atoms with Crippen molar-refractivity contribution in [2.75, 3.05) is 20.3 Å². The van der Waals surface area contributed by atoms with E-state index >= 15 is 0 Å². The van der Waals surface area contributed by atoms with Gasteiger partial charge >= 0.3 is 5.97 Å². The maximum atomic E-state index is 12.1. The normalized spacial score (nSPS) is 19.2. The quantitative estimate of drug-likeness (QED) is 0.691. The van der Waals surface area contributed by atoms with Gasteiger partial charge in [-0.05, 0) is 61.4 Å². The predicted octanol–water partition coefficient (Wildman–Crippen LogP) is 4.17. The lowest BCUT2D eigenvalue weighted by Gasteiger charge is -2.25. The van der Waals surface area contributed by atoms with E-state index in [9.17, 15) is 4.79 Å². The second kappa shape index (κ2) is 9.47. The minimum atomic E-state index is -0.436. The van der Waals surface area contributed by atoms with Crippen LogP contribution in [0.2, 0.25) is 0 Å². The van der Waals surface area contributed by atoms with Crippen molar-refractivity contribution in [1.29, 1.82) is 0 Å². The largest absolute Gasteiger partial charge is 0.493 e. The molecule has 0 bridgehead atoms. The second-order valence-electron chi connectivity index (χ2n) is 8.08. The molecule has 1 N–H and O–H groups in total. The van der Waals surface area contributed by atoms with E-state index in [1.54, 1.807) is 0 Å². The molecule has 1 aliphatic heterocycles. The van der Waals surface area contributed by atoms with Gasteiger partial charge in [-0.25, -0.2) is 9.78 Å². The molecule has 1 saturated carbocycles. The number of oxazole rings is 1. The van der Waals surface area contributed by atoms with Crippen LogP contribution in [0.15, 0.2) is 28.7 Å². The van der Waals surface area contributed by atoms with Crippen LogP contribution >= 0.6 is 0 Å². The van der Waals surface area contributed by atoms with Crippen LogP contribution in [0.3, 0.4) is 0 Å². The van der Waals surface area contributed by atoms with E-state index in [0.29, 0.717) is 24.8 Å². The maximum absolute atomic E-state index is 12.1. The first-order valence-electron chi connectivity index (χ1n) is 10.9. The zero-order valence-corrected chi connectivity index (χ0v) is 17.8. The van der Waals surface area contributed by atoms with Crippen molar-refractivity contribution >= 4 is 12.0 Å². The predicted molar refractivity (Wildman–Crippen MR) is 114 cm³/mol. The Kier molecular flexibility index (Phi) is 6.53. The number of carbonyl (C=O) groups is 1. The molecule has 30 heavy (non-hydrogen) atoms. The molecule has 0 spiro atoms. The van der Waals surface area contributed by atoms with Crippen LogP contribution in [0.1, 0.15) is 60.2 Å². The molecule has 1 aromatic carbocycles. The summed E-state index contributed by atoms with van der Waals surface area (Å²) < 4.78 is 16.7. The Bertz CT molecular complexity index is 912. The lowest BCUT2D eigenvalue weighted by Crippen LogP contribution is -2.35. The van der Waals surface area contributed by atoms with E-state index in [1.807, 2.05) is 31.2 Å². The van der Waals surface area contributed by atoms with E-state index in [2.05, 4.69) is 16.4 Å². The van der Waals surface area contributed by atoms with Crippen molar-refractivity contribution in [2.45, 2.75) is 51.5 Å². The van der Waals surface area contributed by atoms with Crippen molar-refractivity contribution in [2.24, 2.45) is 5.92 Å². The number of nitrogens with one attached hydrogen (secondary N) is 1. The fraction of sp³-hybridized carbons (Fsp3) is 0.500. The summed E-state index contributed by atoms with van der Waals surface area (Å²) in [5, 5.41) is 3.22. The highest BCUT2D eigenvalue weighted by molar-refractivity contribution is 5.78. The fourth-order valence-electron chi connectivity index (χ4n) is 4.34. The average Bonchev–Trinajstić information content (AvgIpc) is 3.41. The third kappa shape index (κ3) is 4.75. The Hall–Kier alpha value is -2.60. The number of methoxy groups -OCH3 is 1. The van der Waals surface area contributed by atoms with Crippen molar-refractivity contribution in [3.8, 4) is 5.75 Å². The maximum Gasteiger partial charge on any atom is 0.327 e. The molecule has 1 unspecified atom stereocenters. The Morgan fingerprint density at radius 3 is 2.97 bits per heavy atom.